The summed E-state index contributed by atoms with van der Waals surface area (Å²) in [6.45, 7) is 0.454. The molecule has 4 nitrogen and oxygen atoms in total. The van der Waals surface area contributed by atoms with Crippen LogP contribution >= 0.6 is 0 Å². The molecule has 3 rings (SSSR count). The second-order valence-corrected chi connectivity index (χ2v) is 6.30. The molecule has 1 aromatic rings. The maximum absolute atomic E-state index is 11.8. The van der Waals surface area contributed by atoms with Crippen molar-refractivity contribution in [3.05, 3.63) is 54.1 Å². The molecule has 2 aliphatic rings. The highest BCUT2D eigenvalue weighted by Crippen LogP contribution is 2.30. The van der Waals surface area contributed by atoms with E-state index in [4.69, 9.17) is 0 Å². The summed E-state index contributed by atoms with van der Waals surface area (Å²) in [6.07, 6.45) is 11.9. The molecule has 2 aliphatic carbocycles. The van der Waals surface area contributed by atoms with Crippen molar-refractivity contribution in [3.8, 4) is 0 Å². The Morgan fingerprint density at radius 1 is 1.00 bits per heavy atom. The van der Waals surface area contributed by atoms with Gasteiger partial charge in [0.05, 0.1) is 0 Å². The SMILES string of the molecule is O=C(/C=C/C1CC1)NCc1cccc(NC(=O)/C=C/C2CC2)c1. The van der Waals surface area contributed by atoms with Gasteiger partial charge in [-0.3, -0.25) is 9.59 Å². The van der Waals surface area contributed by atoms with Gasteiger partial charge in [0.15, 0.2) is 0 Å². The number of nitrogens with one attached hydrogen (secondary N) is 2. The third-order valence-corrected chi connectivity index (χ3v) is 3.94. The molecule has 4 heteroatoms. The van der Waals surface area contributed by atoms with Gasteiger partial charge in [-0.1, -0.05) is 24.3 Å². The molecule has 120 valence electrons. The molecular formula is C19H22N2O2. The van der Waals surface area contributed by atoms with Gasteiger partial charge in [0.1, 0.15) is 0 Å². The average molecular weight is 310 g/mol. The zero-order valence-electron chi connectivity index (χ0n) is 13.1. The number of carbonyl (C=O) groups excluding carboxylic acids is 2. The normalized spacial score (nSPS) is 17.6. The first-order valence-electron chi connectivity index (χ1n) is 8.23. The van der Waals surface area contributed by atoms with Crippen molar-refractivity contribution in [1.82, 2.24) is 5.32 Å². The number of amides is 2. The van der Waals surface area contributed by atoms with Crippen LogP contribution in [-0.2, 0) is 16.1 Å². The van der Waals surface area contributed by atoms with Crippen LogP contribution in [0.4, 0.5) is 5.69 Å². The van der Waals surface area contributed by atoms with Gasteiger partial charge < -0.3 is 10.6 Å². The summed E-state index contributed by atoms with van der Waals surface area (Å²) in [5, 5.41) is 5.71. The van der Waals surface area contributed by atoms with E-state index in [-0.39, 0.29) is 11.8 Å². The molecule has 2 amide bonds. The topological polar surface area (TPSA) is 58.2 Å². The van der Waals surface area contributed by atoms with Crippen molar-refractivity contribution in [1.29, 1.82) is 0 Å². The van der Waals surface area contributed by atoms with Crippen LogP contribution in [0, 0.1) is 11.8 Å². The Balaban J connectivity index is 1.47. The standard InChI is InChI=1S/C19H22N2O2/c22-18(10-8-14-4-5-14)20-13-16-2-1-3-17(12-16)21-19(23)11-9-15-6-7-15/h1-3,8-12,14-15H,4-7,13H2,(H,20,22)(H,21,23)/b10-8+,11-9+. The molecule has 0 bridgehead atoms. The van der Waals surface area contributed by atoms with E-state index in [0.29, 0.717) is 18.4 Å². The molecule has 0 radical (unpaired) electrons. The molecule has 0 aromatic heterocycles. The van der Waals surface area contributed by atoms with Crippen molar-refractivity contribution in [3.63, 3.8) is 0 Å². The van der Waals surface area contributed by atoms with Crippen LogP contribution in [0.3, 0.4) is 0 Å². The highest BCUT2D eigenvalue weighted by Gasteiger charge is 2.18. The van der Waals surface area contributed by atoms with Gasteiger partial charge in [0, 0.05) is 12.2 Å². The molecule has 0 aliphatic heterocycles. The molecule has 2 N–H and O–H groups in total. The molecule has 23 heavy (non-hydrogen) atoms. The van der Waals surface area contributed by atoms with Crippen LogP contribution in [0.5, 0.6) is 0 Å². The largest absolute Gasteiger partial charge is 0.348 e. The first-order chi connectivity index (χ1) is 11.2. The maximum Gasteiger partial charge on any atom is 0.248 e. The fraction of sp³-hybridized carbons (Fsp3) is 0.368. The summed E-state index contributed by atoms with van der Waals surface area (Å²) in [4.78, 5) is 23.5. The van der Waals surface area contributed by atoms with Crippen molar-refractivity contribution >= 4 is 17.5 Å². The summed E-state index contributed by atoms with van der Waals surface area (Å²) in [6, 6.07) is 7.54. The van der Waals surface area contributed by atoms with E-state index in [1.165, 1.54) is 25.7 Å². The Hall–Kier alpha value is -2.36. The van der Waals surface area contributed by atoms with Crippen molar-refractivity contribution in [2.75, 3.05) is 5.32 Å². The Labute approximate surface area is 136 Å². The number of rotatable bonds is 7. The van der Waals surface area contributed by atoms with E-state index >= 15 is 0 Å². The number of carbonyl (C=O) groups is 2. The predicted octanol–water partition coefficient (Wildman–Crippen LogP) is 3.17. The number of anilines is 1. The lowest BCUT2D eigenvalue weighted by molar-refractivity contribution is -0.116. The van der Waals surface area contributed by atoms with Gasteiger partial charge in [-0.15, -0.1) is 0 Å². The van der Waals surface area contributed by atoms with Crippen molar-refractivity contribution < 1.29 is 9.59 Å². The van der Waals surface area contributed by atoms with E-state index in [2.05, 4.69) is 10.6 Å². The van der Waals surface area contributed by atoms with E-state index in [9.17, 15) is 9.59 Å². The van der Waals surface area contributed by atoms with E-state index < -0.39 is 0 Å². The molecule has 0 atom stereocenters. The summed E-state index contributed by atoms with van der Waals surface area (Å²) >= 11 is 0. The van der Waals surface area contributed by atoms with Crippen LogP contribution in [0.15, 0.2) is 48.6 Å². The molecule has 2 saturated carbocycles. The zero-order valence-corrected chi connectivity index (χ0v) is 13.1. The van der Waals surface area contributed by atoms with E-state index in [1.54, 1.807) is 12.2 Å². The Morgan fingerprint density at radius 2 is 1.65 bits per heavy atom. The van der Waals surface area contributed by atoms with Gasteiger partial charge in [-0.25, -0.2) is 0 Å². The van der Waals surface area contributed by atoms with Crippen LogP contribution in [-0.4, -0.2) is 11.8 Å². The first-order valence-corrected chi connectivity index (χ1v) is 8.23. The van der Waals surface area contributed by atoms with E-state index in [0.717, 1.165) is 11.3 Å². The minimum Gasteiger partial charge on any atom is -0.348 e. The zero-order chi connectivity index (χ0) is 16.1. The third kappa shape index (κ3) is 5.74. The first kappa shape index (κ1) is 15.5. The smallest absolute Gasteiger partial charge is 0.248 e. The number of benzene rings is 1. The van der Waals surface area contributed by atoms with Crippen LogP contribution < -0.4 is 10.6 Å². The highest BCUT2D eigenvalue weighted by atomic mass is 16.2. The lowest BCUT2D eigenvalue weighted by Gasteiger charge is -2.06. The summed E-state index contributed by atoms with van der Waals surface area (Å²) in [5.74, 6) is 1.01. The lowest BCUT2D eigenvalue weighted by atomic mass is 10.2. The highest BCUT2D eigenvalue weighted by molar-refractivity contribution is 5.99. The molecular weight excluding hydrogens is 288 g/mol. The van der Waals surface area contributed by atoms with Gasteiger partial charge >= 0.3 is 0 Å². The van der Waals surface area contributed by atoms with Gasteiger partial charge in [0.25, 0.3) is 0 Å². The van der Waals surface area contributed by atoms with Crippen LogP contribution in [0.2, 0.25) is 0 Å². The van der Waals surface area contributed by atoms with Gasteiger partial charge in [-0.2, -0.15) is 0 Å². The Kier molecular flexibility index (Phi) is 4.91. The third-order valence-electron chi connectivity index (χ3n) is 3.94. The van der Waals surface area contributed by atoms with Gasteiger partial charge in [0.2, 0.25) is 11.8 Å². The fourth-order valence-corrected chi connectivity index (χ4v) is 2.22. The second-order valence-electron chi connectivity index (χ2n) is 6.30. The van der Waals surface area contributed by atoms with Crippen molar-refractivity contribution in [2.45, 2.75) is 32.2 Å². The van der Waals surface area contributed by atoms with Gasteiger partial charge in [-0.05, 0) is 67.4 Å². The predicted molar refractivity (Wildman–Crippen MR) is 90.6 cm³/mol. The fourth-order valence-electron chi connectivity index (χ4n) is 2.22. The Morgan fingerprint density at radius 3 is 2.30 bits per heavy atom. The number of hydrogen-bond acceptors (Lipinski definition) is 2. The molecule has 1 aromatic carbocycles. The second kappa shape index (κ2) is 7.27. The Bertz CT molecular complexity index is 641. The molecule has 0 unspecified atom stereocenters. The molecule has 0 heterocycles. The monoisotopic (exact) mass is 310 g/mol. The number of hydrogen-bond donors (Lipinski definition) is 2. The molecule has 0 spiro atoms. The van der Waals surface area contributed by atoms with Crippen LogP contribution in [0.1, 0.15) is 31.2 Å². The minimum absolute atomic E-state index is 0.0706. The summed E-state index contributed by atoms with van der Waals surface area (Å²) in [5.41, 5.74) is 1.71. The van der Waals surface area contributed by atoms with E-state index in [1.807, 2.05) is 36.4 Å². The quantitative estimate of drug-likeness (QED) is 0.760. The van der Waals surface area contributed by atoms with Crippen LogP contribution in [0.25, 0.3) is 0 Å². The average Bonchev–Trinajstić information content (AvgIpc) is 3.44. The lowest BCUT2D eigenvalue weighted by Crippen LogP contribution is -2.20. The molecule has 0 saturated heterocycles. The van der Waals surface area contributed by atoms with Crippen molar-refractivity contribution in [2.24, 2.45) is 11.8 Å². The molecule has 2 fully saturated rings. The summed E-state index contributed by atoms with van der Waals surface area (Å²) in [7, 11) is 0. The summed E-state index contributed by atoms with van der Waals surface area (Å²) < 4.78 is 0. The minimum atomic E-state index is -0.106. The number of allylic oxidation sites excluding steroid dienone is 2. The maximum atomic E-state index is 11.8.